The molecule has 0 spiro atoms. The fourth-order valence-corrected chi connectivity index (χ4v) is 3.40. The monoisotopic (exact) mass is 417 g/mol. The van der Waals surface area contributed by atoms with Crippen molar-refractivity contribution >= 4 is 5.96 Å². The van der Waals surface area contributed by atoms with E-state index in [1.54, 1.807) is 13.1 Å². The van der Waals surface area contributed by atoms with Gasteiger partial charge in [-0.2, -0.15) is 13.2 Å². The maximum absolute atomic E-state index is 12.7. The van der Waals surface area contributed by atoms with E-state index >= 15 is 0 Å². The Balaban J connectivity index is 1.97. The van der Waals surface area contributed by atoms with Crippen LogP contribution >= 0.6 is 0 Å². The van der Waals surface area contributed by atoms with Crippen LogP contribution in [0.2, 0.25) is 0 Å². The standard InChI is InChI=1S/C20H34F3N5O/c1-6-24-18(26-11-17-25-10-16(29-17)19(3,4)5)28-9-8-15(13-28)12-27(7-2)14-20(21,22)23/h10,15H,6-9,11-14H2,1-5H3,(H,24,26). The summed E-state index contributed by atoms with van der Waals surface area (Å²) in [5.74, 6) is 2.32. The van der Waals surface area contributed by atoms with E-state index in [1.807, 2.05) is 6.92 Å². The number of oxazole rings is 1. The van der Waals surface area contributed by atoms with Crippen LogP contribution in [0.5, 0.6) is 0 Å². The van der Waals surface area contributed by atoms with E-state index < -0.39 is 12.7 Å². The van der Waals surface area contributed by atoms with Gasteiger partial charge in [-0.3, -0.25) is 4.90 Å². The van der Waals surface area contributed by atoms with E-state index in [0.29, 0.717) is 38.6 Å². The van der Waals surface area contributed by atoms with E-state index in [4.69, 9.17) is 4.42 Å². The first-order valence-corrected chi connectivity index (χ1v) is 10.3. The normalized spacial score (nSPS) is 18.7. The minimum absolute atomic E-state index is 0.108. The van der Waals surface area contributed by atoms with Crippen molar-refractivity contribution < 1.29 is 17.6 Å². The van der Waals surface area contributed by atoms with Crippen molar-refractivity contribution in [1.29, 1.82) is 0 Å². The second-order valence-corrected chi connectivity index (χ2v) is 8.58. The lowest BCUT2D eigenvalue weighted by atomic mass is 9.94. The van der Waals surface area contributed by atoms with Gasteiger partial charge >= 0.3 is 6.18 Å². The highest BCUT2D eigenvalue weighted by atomic mass is 19.4. The van der Waals surface area contributed by atoms with Crippen LogP contribution in [-0.4, -0.2) is 66.2 Å². The summed E-state index contributed by atoms with van der Waals surface area (Å²) in [5.41, 5.74) is -0.108. The van der Waals surface area contributed by atoms with Crippen LogP contribution in [0.4, 0.5) is 13.2 Å². The first kappa shape index (κ1) is 23.5. The van der Waals surface area contributed by atoms with Crippen LogP contribution in [0.25, 0.3) is 0 Å². The average molecular weight is 418 g/mol. The van der Waals surface area contributed by atoms with E-state index in [9.17, 15) is 13.2 Å². The predicted octanol–water partition coefficient (Wildman–Crippen LogP) is 3.64. The Hall–Kier alpha value is -1.77. The van der Waals surface area contributed by atoms with Gasteiger partial charge in [-0.25, -0.2) is 9.98 Å². The highest BCUT2D eigenvalue weighted by Crippen LogP contribution is 2.24. The molecule has 0 radical (unpaired) electrons. The van der Waals surface area contributed by atoms with Gasteiger partial charge in [-0.15, -0.1) is 0 Å². The Morgan fingerprint density at radius 1 is 1.34 bits per heavy atom. The van der Waals surface area contributed by atoms with Crippen LogP contribution in [0.3, 0.4) is 0 Å². The zero-order valence-corrected chi connectivity index (χ0v) is 18.1. The molecule has 9 heteroatoms. The van der Waals surface area contributed by atoms with Crippen LogP contribution < -0.4 is 5.32 Å². The van der Waals surface area contributed by atoms with Crippen molar-refractivity contribution in [3.05, 3.63) is 17.8 Å². The van der Waals surface area contributed by atoms with Gasteiger partial charge in [0.05, 0.1) is 12.7 Å². The molecule has 1 aliphatic rings. The predicted molar refractivity (Wildman–Crippen MR) is 108 cm³/mol. The molecule has 1 aromatic rings. The molecule has 1 N–H and O–H groups in total. The van der Waals surface area contributed by atoms with Gasteiger partial charge in [0.1, 0.15) is 12.3 Å². The third-order valence-electron chi connectivity index (χ3n) is 4.94. The third kappa shape index (κ3) is 7.53. The summed E-state index contributed by atoms with van der Waals surface area (Å²) < 4.78 is 43.9. The number of aromatic nitrogens is 1. The minimum Gasteiger partial charge on any atom is -0.443 e. The zero-order valence-electron chi connectivity index (χ0n) is 18.1. The Morgan fingerprint density at radius 3 is 2.62 bits per heavy atom. The summed E-state index contributed by atoms with van der Waals surface area (Å²) >= 11 is 0. The molecule has 1 aromatic heterocycles. The molecule has 0 aliphatic carbocycles. The Labute approximate surface area is 171 Å². The molecule has 1 atom stereocenters. The molecule has 166 valence electrons. The molecular weight excluding hydrogens is 383 g/mol. The molecule has 1 fully saturated rings. The maximum Gasteiger partial charge on any atom is 0.401 e. The van der Waals surface area contributed by atoms with Crippen molar-refractivity contribution in [2.45, 2.75) is 59.2 Å². The molecule has 0 aromatic carbocycles. The van der Waals surface area contributed by atoms with Gasteiger partial charge in [-0.05, 0) is 25.8 Å². The van der Waals surface area contributed by atoms with Gasteiger partial charge in [0.15, 0.2) is 5.96 Å². The molecule has 2 rings (SSSR count). The average Bonchev–Trinajstić information content (AvgIpc) is 3.26. The summed E-state index contributed by atoms with van der Waals surface area (Å²) in [6, 6.07) is 0. The smallest absolute Gasteiger partial charge is 0.401 e. The number of halogens is 3. The summed E-state index contributed by atoms with van der Waals surface area (Å²) in [6.45, 7) is 12.5. The van der Waals surface area contributed by atoms with Gasteiger partial charge < -0.3 is 14.6 Å². The molecule has 1 unspecified atom stereocenters. The molecule has 1 saturated heterocycles. The highest BCUT2D eigenvalue weighted by molar-refractivity contribution is 5.80. The second kappa shape index (κ2) is 9.82. The number of nitrogens with zero attached hydrogens (tertiary/aromatic N) is 4. The summed E-state index contributed by atoms with van der Waals surface area (Å²) in [6.07, 6.45) is -1.57. The maximum atomic E-state index is 12.7. The van der Waals surface area contributed by atoms with Gasteiger partial charge in [0.25, 0.3) is 0 Å². The lowest BCUT2D eigenvalue weighted by molar-refractivity contribution is -0.146. The number of alkyl halides is 3. The fraction of sp³-hybridized carbons (Fsp3) is 0.800. The van der Waals surface area contributed by atoms with E-state index in [2.05, 4.69) is 41.0 Å². The van der Waals surface area contributed by atoms with E-state index in [0.717, 1.165) is 24.7 Å². The topological polar surface area (TPSA) is 56.9 Å². The fourth-order valence-electron chi connectivity index (χ4n) is 3.40. The van der Waals surface area contributed by atoms with Gasteiger partial charge in [0, 0.05) is 31.6 Å². The van der Waals surface area contributed by atoms with E-state index in [-0.39, 0.29) is 11.3 Å². The molecule has 1 aliphatic heterocycles. The third-order valence-corrected chi connectivity index (χ3v) is 4.94. The number of likely N-dealkylation sites (tertiary alicyclic amines) is 1. The number of hydrogen-bond acceptors (Lipinski definition) is 4. The van der Waals surface area contributed by atoms with Crippen LogP contribution in [0.1, 0.15) is 52.7 Å². The number of rotatable bonds is 7. The minimum atomic E-state index is -4.16. The molecular formula is C20H34F3N5O. The van der Waals surface area contributed by atoms with Crippen molar-refractivity contribution in [3.8, 4) is 0 Å². The van der Waals surface area contributed by atoms with E-state index in [1.165, 1.54) is 4.90 Å². The quantitative estimate of drug-likeness (QED) is 0.542. The zero-order chi connectivity index (χ0) is 21.7. The van der Waals surface area contributed by atoms with Crippen LogP contribution in [-0.2, 0) is 12.0 Å². The van der Waals surface area contributed by atoms with Crippen LogP contribution in [0, 0.1) is 5.92 Å². The highest BCUT2D eigenvalue weighted by Gasteiger charge is 2.33. The van der Waals surface area contributed by atoms with Crippen molar-refractivity contribution in [1.82, 2.24) is 20.1 Å². The van der Waals surface area contributed by atoms with Crippen molar-refractivity contribution in [2.24, 2.45) is 10.9 Å². The molecule has 2 heterocycles. The summed E-state index contributed by atoms with van der Waals surface area (Å²) in [4.78, 5) is 12.5. The first-order chi connectivity index (χ1) is 13.5. The Morgan fingerprint density at radius 2 is 2.07 bits per heavy atom. The molecule has 29 heavy (non-hydrogen) atoms. The number of nitrogens with one attached hydrogen (secondary N) is 1. The van der Waals surface area contributed by atoms with Gasteiger partial charge in [-0.1, -0.05) is 27.7 Å². The Bertz CT molecular complexity index is 666. The Kier molecular flexibility index (Phi) is 7.96. The van der Waals surface area contributed by atoms with Crippen LogP contribution in [0.15, 0.2) is 15.6 Å². The molecule has 0 bridgehead atoms. The SMILES string of the molecule is CCNC(=NCc1ncc(C(C)(C)C)o1)N1CCC(CN(CC)CC(F)(F)F)C1. The number of hydrogen-bond donors (Lipinski definition) is 1. The first-order valence-electron chi connectivity index (χ1n) is 10.3. The number of aliphatic imine (C=N–C) groups is 1. The molecule has 0 amide bonds. The molecule has 0 saturated carbocycles. The summed E-state index contributed by atoms with van der Waals surface area (Å²) in [5, 5.41) is 3.27. The summed E-state index contributed by atoms with van der Waals surface area (Å²) in [7, 11) is 0. The number of guanidine groups is 1. The van der Waals surface area contributed by atoms with Crippen molar-refractivity contribution in [3.63, 3.8) is 0 Å². The molecule has 6 nitrogen and oxygen atoms in total. The van der Waals surface area contributed by atoms with Gasteiger partial charge in [0.2, 0.25) is 5.89 Å². The lowest BCUT2D eigenvalue weighted by Crippen LogP contribution is -2.41. The lowest BCUT2D eigenvalue weighted by Gasteiger charge is -2.26. The largest absolute Gasteiger partial charge is 0.443 e. The second-order valence-electron chi connectivity index (χ2n) is 8.58. The van der Waals surface area contributed by atoms with Crippen molar-refractivity contribution in [2.75, 3.05) is 39.3 Å².